The molecule has 5 nitrogen and oxygen atoms in total. The molecule has 3 heterocycles. The quantitative estimate of drug-likeness (QED) is 0.440. The Labute approximate surface area is 167 Å². The molecular formula is C24H21N5. The Bertz CT molecular complexity index is 1530. The highest BCUT2D eigenvalue weighted by molar-refractivity contribution is 5.90. The highest BCUT2D eigenvalue weighted by Gasteiger charge is 2.16. The van der Waals surface area contributed by atoms with Crippen LogP contribution in [0.15, 0.2) is 66.7 Å². The van der Waals surface area contributed by atoms with Crippen LogP contribution >= 0.6 is 0 Å². The van der Waals surface area contributed by atoms with Crippen LogP contribution in [-0.2, 0) is 20.0 Å². The Morgan fingerprint density at radius 3 is 2.28 bits per heavy atom. The van der Waals surface area contributed by atoms with Crippen molar-refractivity contribution in [2.45, 2.75) is 19.9 Å². The maximum absolute atomic E-state index is 4.96. The number of nitrogens with zero attached hydrogens (tertiary/aromatic N) is 5. The van der Waals surface area contributed by atoms with Gasteiger partial charge < -0.3 is 9.13 Å². The maximum atomic E-state index is 4.96. The van der Waals surface area contributed by atoms with E-state index in [9.17, 15) is 0 Å². The van der Waals surface area contributed by atoms with Gasteiger partial charge in [0.1, 0.15) is 5.82 Å². The summed E-state index contributed by atoms with van der Waals surface area (Å²) in [6, 6.07) is 23.3. The summed E-state index contributed by atoms with van der Waals surface area (Å²) in [4.78, 5) is 9.81. The van der Waals surface area contributed by atoms with Crippen LogP contribution in [0.25, 0.3) is 38.9 Å². The zero-order chi connectivity index (χ0) is 19.5. The Hall–Kier alpha value is -3.60. The van der Waals surface area contributed by atoms with Gasteiger partial charge in [-0.05, 0) is 48.9 Å². The van der Waals surface area contributed by atoms with Crippen molar-refractivity contribution in [1.82, 2.24) is 23.5 Å². The first kappa shape index (κ1) is 16.4. The Balaban J connectivity index is 1.53. The van der Waals surface area contributed by atoms with Crippen LogP contribution in [0.4, 0.5) is 0 Å². The molecule has 142 valence electrons. The highest BCUT2D eigenvalue weighted by atomic mass is 15.2. The number of para-hydroxylation sites is 4. The molecule has 6 rings (SSSR count). The first-order valence-electron chi connectivity index (χ1n) is 9.97. The molecule has 0 fully saturated rings. The van der Waals surface area contributed by atoms with E-state index in [4.69, 9.17) is 9.97 Å². The lowest BCUT2D eigenvalue weighted by atomic mass is 10.2. The van der Waals surface area contributed by atoms with Gasteiger partial charge in [0.2, 0.25) is 5.78 Å². The molecule has 3 aromatic carbocycles. The third-order valence-electron chi connectivity index (χ3n) is 5.89. The van der Waals surface area contributed by atoms with Crippen molar-refractivity contribution in [2.75, 3.05) is 0 Å². The lowest BCUT2D eigenvalue weighted by Crippen LogP contribution is -2.06. The average Bonchev–Trinajstić information content (AvgIpc) is 3.36. The van der Waals surface area contributed by atoms with Crippen molar-refractivity contribution in [3.05, 3.63) is 78.1 Å². The zero-order valence-corrected chi connectivity index (χ0v) is 16.5. The summed E-state index contributed by atoms with van der Waals surface area (Å²) in [6.07, 6.45) is 0.849. The van der Waals surface area contributed by atoms with Gasteiger partial charge in [0.05, 0.1) is 33.1 Å². The number of rotatable bonds is 3. The summed E-state index contributed by atoms with van der Waals surface area (Å²) in [6.45, 7) is 2.97. The van der Waals surface area contributed by atoms with Gasteiger partial charge in [0, 0.05) is 20.0 Å². The molecule has 29 heavy (non-hydrogen) atoms. The van der Waals surface area contributed by atoms with Crippen molar-refractivity contribution in [1.29, 1.82) is 0 Å². The number of benzene rings is 3. The molecule has 0 saturated carbocycles. The van der Waals surface area contributed by atoms with Gasteiger partial charge in [0.25, 0.3) is 0 Å². The fraction of sp³-hybridized carbons (Fsp3) is 0.167. The molecule has 0 unspecified atom stereocenters. The van der Waals surface area contributed by atoms with Crippen molar-refractivity contribution in [2.24, 2.45) is 7.05 Å². The van der Waals surface area contributed by atoms with Crippen LogP contribution in [-0.4, -0.2) is 23.5 Å². The van der Waals surface area contributed by atoms with Crippen molar-refractivity contribution >= 4 is 38.9 Å². The first-order valence-corrected chi connectivity index (χ1v) is 9.97. The van der Waals surface area contributed by atoms with Gasteiger partial charge in [-0.1, -0.05) is 30.3 Å². The molecule has 6 aromatic rings. The summed E-state index contributed by atoms with van der Waals surface area (Å²) in [5.41, 5.74) is 8.08. The molecule has 0 bridgehead atoms. The summed E-state index contributed by atoms with van der Waals surface area (Å²) in [5.74, 6) is 2.08. The monoisotopic (exact) mass is 379 g/mol. The van der Waals surface area contributed by atoms with E-state index < -0.39 is 0 Å². The number of aromatic nitrogens is 5. The van der Waals surface area contributed by atoms with Gasteiger partial charge in [-0.25, -0.2) is 9.97 Å². The molecular weight excluding hydrogens is 358 g/mol. The van der Waals surface area contributed by atoms with Crippen molar-refractivity contribution in [3.63, 3.8) is 0 Å². The molecule has 0 aliphatic rings. The second-order valence-corrected chi connectivity index (χ2v) is 7.71. The molecule has 5 heteroatoms. The van der Waals surface area contributed by atoms with Crippen LogP contribution in [0, 0.1) is 6.92 Å². The number of imidazole rings is 3. The van der Waals surface area contributed by atoms with Crippen LogP contribution in [0.2, 0.25) is 0 Å². The lowest BCUT2D eigenvalue weighted by molar-refractivity contribution is 0.680. The molecule has 0 N–H and O–H groups in total. The topological polar surface area (TPSA) is 40.1 Å². The number of aryl methyl sites for hydroxylation is 4. The SMILES string of the molecule is Cc1ccc2c(c1)n1c3ccccc3nc1n2CCc1nc2ccccc2n1C. The zero-order valence-electron chi connectivity index (χ0n) is 16.5. The molecule has 0 aliphatic carbocycles. The third-order valence-corrected chi connectivity index (χ3v) is 5.89. The van der Waals surface area contributed by atoms with Gasteiger partial charge in [-0.15, -0.1) is 0 Å². The smallest absolute Gasteiger partial charge is 0.215 e. The van der Waals surface area contributed by atoms with Gasteiger partial charge in [-0.3, -0.25) is 4.40 Å². The van der Waals surface area contributed by atoms with E-state index in [0.29, 0.717) is 0 Å². The summed E-state index contributed by atoms with van der Waals surface area (Å²) in [5, 5.41) is 0. The maximum Gasteiger partial charge on any atom is 0.215 e. The van der Waals surface area contributed by atoms with Gasteiger partial charge >= 0.3 is 0 Å². The molecule has 0 radical (unpaired) electrons. The second kappa shape index (κ2) is 5.95. The second-order valence-electron chi connectivity index (χ2n) is 7.71. The number of fused-ring (bicyclic) bond motifs is 6. The standard InChI is InChI=1S/C24H21N5/c1-16-11-12-21-22(15-16)29-20-10-6-4-8-18(20)26-24(29)28(21)14-13-23-25-17-7-3-5-9-19(17)27(23)2/h3-12,15H,13-14H2,1-2H3. The predicted octanol–water partition coefficient (Wildman–Crippen LogP) is 4.88. The van der Waals surface area contributed by atoms with E-state index >= 15 is 0 Å². The molecule has 3 aromatic heterocycles. The van der Waals surface area contributed by atoms with Crippen molar-refractivity contribution < 1.29 is 0 Å². The number of hydrogen-bond donors (Lipinski definition) is 0. The Morgan fingerprint density at radius 1 is 0.759 bits per heavy atom. The van der Waals surface area contributed by atoms with E-state index in [2.05, 4.69) is 82.1 Å². The van der Waals surface area contributed by atoms with E-state index in [-0.39, 0.29) is 0 Å². The van der Waals surface area contributed by atoms with Crippen LogP contribution in [0.5, 0.6) is 0 Å². The van der Waals surface area contributed by atoms with Gasteiger partial charge in [0.15, 0.2) is 0 Å². The van der Waals surface area contributed by atoms with Crippen LogP contribution in [0.1, 0.15) is 11.4 Å². The van der Waals surface area contributed by atoms with E-state index in [1.54, 1.807) is 0 Å². The fourth-order valence-corrected chi connectivity index (χ4v) is 4.43. The normalized spacial score (nSPS) is 12.1. The minimum absolute atomic E-state index is 0.830. The van der Waals surface area contributed by atoms with Gasteiger partial charge in [-0.2, -0.15) is 0 Å². The third kappa shape index (κ3) is 2.34. The Kier molecular flexibility index (Phi) is 3.36. The molecule has 0 aliphatic heterocycles. The van der Waals surface area contributed by atoms with E-state index in [1.165, 1.54) is 22.1 Å². The lowest BCUT2D eigenvalue weighted by Gasteiger charge is -2.06. The molecule has 0 saturated heterocycles. The minimum Gasteiger partial charge on any atom is -0.331 e. The molecule has 0 spiro atoms. The van der Waals surface area contributed by atoms with E-state index in [0.717, 1.165) is 41.1 Å². The van der Waals surface area contributed by atoms with E-state index in [1.807, 2.05) is 12.1 Å². The fourth-order valence-electron chi connectivity index (χ4n) is 4.43. The number of hydrogen-bond acceptors (Lipinski definition) is 2. The molecule has 0 atom stereocenters. The summed E-state index contributed by atoms with van der Waals surface area (Å²) >= 11 is 0. The van der Waals surface area contributed by atoms with Crippen molar-refractivity contribution in [3.8, 4) is 0 Å². The minimum atomic E-state index is 0.830. The van der Waals surface area contributed by atoms with Crippen LogP contribution in [0.3, 0.4) is 0 Å². The summed E-state index contributed by atoms with van der Waals surface area (Å²) < 4.78 is 6.81. The first-order chi connectivity index (χ1) is 14.2. The summed E-state index contributed by atoms with van der Waals surface area (Å²) in [7, 11) is 2.10. The molecule has 0 amide bonds. The van der Waals surface area contributed by atoms with Crippen LogP contribution < -0.4 is 0 Å². The highest BCUT2D eigenvalue weighted by Crippen LogP contribution is 2.27. The average molecular weight is 379 g/mol. The Morgan fingerprint density at radius 2 is 1.48 bits per heavy atom. The predicted molar refractivity (Wildman–Crippen MR) is 117 cm³/mol. The largest absolute Gasteiger partial charge is 0.331 e.